The molecule has 1 aromatic carbocycles. The molecular weight excluding hydrogens is 658 g/mol. The van der Waals surface area contributed by atoms with Crippen molar-refractivity contribution in [1.29, 1.82) is 0 Å². The lowest BCUT2D eigenvalue weighted by Gasteiger charge is -2.38. The second kappa shape index (κ2) is 17.8. The number of aliphatic carboxylic acids is 1. The lowest BCUT2D eigenvalue weighted by atomic mass is 9.97. The molecule has 1 fully saturated rings. The topological polar surface area (TPSA) is 268 Å². The maximum atomic E-state index is 13.9. The van der Waals surface area contributed by atoms with Crippen LogP contribution in [0.1, 0.15) is 73.8 Å². The third-order valence-corrected chi connectivity index (χ3v) is 7.48. The first-order valence-corrected chi connectivity index (χ1v) is 16.3. The van der Waals surface area contributed by atoms with E-state index in [4.69, 9.17) is 19.9 Å². The van der Waals surface area contributed by atoms with Gasteiger partial charge in [0.25, 0.3) is 0 Å². The molecule has 1 aliphatic heterocycles. The average Bonchev–Trinajstić information content (AvgIpc) is 2.99. The number of carbonyl (C=O) groups is 5. The molecule has 0 aliphatic carbocycles. The van der Waals surface area contributed by atoms with Gasteiger partial charge in [0.2, 0.25) is 18.1 Å². The van der Waals surface area contributed by atoms with Crippen LogP contribution in [0.15, 0.2) is 18.2 Å². The van der Waals surface area contributed by atoms with E-state index in [9.17, 15) is 44.4 Å². The monoisotopic (exact) mass is 711 g/mol. The second-order valence-corrected chi connectivity index (χ2v) is 14.6. The normalized spacial score (nSPS) is 22.2. The Morgan fingerprint density at radius 3 is 2.14 bits per heavy atom. The number of hydrogen-bond donors (Lipinski definition) is 9. The van der Waals surface area contributed by atoms with Crippen LogP contribution < -0.4 is 31.7 Å². The number of amides is 4. The number of ether oxygens (including phenoxy) is 3. The molecule has 50 heavy (non-hydrogen) atoms. The van der Waals surface area contributed by atoms with Crippen molar-refractivity contribution in [3.05, 3.63) is 23.8 Å². The van der Waals surface area contributed by atoms with Gasteiger partial charge in [0, 0.05) is 12.1 Å². The molecule has 7 atom stereocenters. The molecule has 282 valence electrons. The summed E-state index contributed by atoms with van der Waals surface area (Å²) in [7, 11) is 0. The van der Waals surface area contributed by atoms with Crippen molar-refractivity contribution in [2.45, 2.75) is 123 Å². The van der Waals surface area contributed by atoms with Gasteiger partial charge in [-0.25, -0.2) is 9.59 Å². The minimum absolute atomic E-state index is 0.0506. The largest absolute Gasteiger partial charge is 0.479 e. The van der Waals surface area contributed by atoms with Gasteiger partial charge in [0.05, 0.1) is 17.1 Å². The summed E-state index contributed by atoms with van der Waals surface area (Å²) in [4.78, 5) is 62.7. The summed E-state index contributed by atoms with van der Waals surface area (Å²) in [5, 5.41) is 51.5. The standard InChI is InChI=1S/C33H53N5O12/c1-16(2)21(38-33(6,7)8)27(43)36-18(10-9-13-35-31(34)47)26(42)37-19-14-17(15-48-30(46)32(3,4)5)11-12-20(19)49-29-24(41)22(39)23(40)25(50-29)28(44)45/h11-12,14,16,18,21-25,29,38-41H,9-10,13,15H2,1-8H3,(H,36,43)(H,37,42)(H,44,45)(H3,34,35,47)/t18?,21?,22-,23-,24+,25-,29+/m0/s1. The highest BCUT2D eigenvalue weighted by Gasteiger charge is 2.48. The molecule has 2 rings (SSSR count). The van der Waals surface area contributed by atoms with E-state index in [0.717, 1.165) is 0 Å². The smallest absolute Gasteiger partial charge is 0.335 e. The molecule has 0 aromatic heterocycles. The van der Waals surface area contributed by atoms with E-state index in [1.54, 1.807) is 20.8 Å². The Kier molecular flexibility index (Phi) is 15.0. The zero-order chi connectivity index (χ0) is 38.1. The highest BCUT2D eigenvalue weighted by molar-refractivity contribution is 5.99. The first kappa shape index (κ1) is 42.1. The molecule has 1 aliphatic rings. The molecular formula is C33H53N5O12. The third-order valence-electron chi connectivity index (χ3n) is 7.48. The van der Waals surface area contributed by atoms with Crippen molar-refractivity contribution in [1.82, 2.24) is 16.0 Å². The van der Waals surface area contributed by atoms with Crippen LogP contribution in [0, 0.1) is 11.3 Å². The minimum Gasteiger partial charge on any atom is -0.479 e. The molecule has 0 spiro atoms. The first-order chi connectivity index (χ1) is 23.0. The number of urea groups is 1. The zero-order valence-corrected chi connectivity index (χ0v) is 29.8. The molecule has 0 saturated carbocycles. The molecule has 0 radical (unpaired) electrons. The number of nitrogens with one attached hydrogen (secondary N) is 4. The number of esters is 1. The van der Waals surface area contributed by atoms with Crippen LogP contribution in [-0.2, 0) is 35.3 Å². The SMILES string of the molecule is CC(C)C(NC(C)(C)C)C(=O)NC(CCCNC(N)=O)C(=O)Nc1cc(COC(=O)C(C)(C)C)ccc1O[C@@H]1O[C@H](C(=O)O)[C@@H](O)[C@H](O)[C@H]1O. The van der Waals surface area contributed by atoms with Crippen molar-refractivity contribution in [3.63, 3.8) is 0 Å². The van der Waals surface area contributed by atoms with Crippen molar-refractivity contribution in [2.75, 3.05) is 11.9 Å². The van der Waals surface area contributed by atoms with Crippen LogP contribution in [0.4, 0.5) is 10.5 Å². The van der Waals surface area contributed by atoms with Gasteiger partial charge in [0.1, 0.15) is 36.7 Å². The lowest BCUT2D eigenvalue weighted by molar-refractivity contribution is -0.271. The molecule has 4 amide bonds. The summed E-state index contributed by atoms with van der Waals surface area (Å²) in [6.45, 7) is 14.3. The number of carboxylic acids is 1. The predicted molar refractivity (Wildman–Crippen MR) is 180 cm³/mol. The maximum absolute atomic E-state index is 13.9. The molecule has 1 saturated heterocycles. The van der Waals surface area contributed by atoms with E-state index < -0.39 is 83.5 Å². The fourth-order valence-electron chi connectivity index (χ4n) is 4.78. The van der Waals surface area contributed by atoms with E-state index in [1.165, 1.54) is 18.2 Å². The van der Waals surface area contributed by atoms with Gasteiger partial charge in [-0.1, -0.05) is 19.9 Å². The molecule has 2 unspecified atom stereocenters. The van der Waals surface area contributed by atoms with Crippen molar-refractivity contribution < 1.29 is 58.6 Å². The highest BCUT2D eigenvalue weighted by atomic mass is 16.7. The molecule has 10 N–H and O–H groups in total. The summed E-state index contributed by atoms with van der Waals surface area (Å²) in [5.41, 5.74) is 4.28. The summed E-state index contributed by atoms with van der Waals surface area (Å²) >= 11 is 0. The number of anilines is 1. The van der Waals surface area contributed by atoms with E-state index >= 15 is 0 Å². The molecule has 0 bridgehead atoms. The Morgan fingerprint density at radius 1 is 0.960 bits per heavy atom. The second-order valence-electron chi connectivity index (χ2n) is 14.6. The Hall–Kier alpha value is -4.03. The Bertz CT molecular complexity index is 1360. The molecule has 17 nitrogen and oxygen atoms in total. The van der Waals surface area contributed by atoms with Gasteiger partial charge in [-0.05, 0) is 78.0 Å². The van der Waals surface area contributed by atoms with Crippen molar-refractivity contribution in [2.24, 2.45) is 17.1 Å². The number of aliphatic hydroxyl groups is 3. The summed E-state index contributed by atoms with van der Waals surface area (Å²) in [6.07, 6.45) is -9.26. The summed E-state index contributed by atoms with van der Waals surface area (Å²) < 4.78 is 16.4. The first-order valence-electron chi connectivity index (χ1n) is 16.3. The predicted octanol–water partition coefficient (Wildman–Crippen LogP) is 0.331. The summed E-state index contributed by atoms with van der Waals surface area (Å²) in [6, 6.07) is 1.64. The number of hydrogen-bond acceptors (Lipinski definition) is 12. The van der Waals surface area contributed by atoms with Crippen LogP contribution in [0.2, 0.25) is 0 Å². The van der Waals surface area contributed by atoms with Gasteiger partial charge in [0.15, 0.2) is 6.10 Å². The Morgan fingerprint density at radius 2 is 1.60 bits per heavy atom. The number of rotatable bonds is 15. The van der Waals surface area contributed by atoms with Crippen LogP contribution in [0.5, 0.6) is 5.75 Å². The van der Waals surface area contributed by atoms with E-state index in [1.807, 2.05) is 34.6 Å². The van der Waals surface area contributed by atoms with Crippen molar-refractivity contribution in [3.8, 4) is 5.75 Å². The quantitative estimate of drug-likeness (QED) is 0.0878. The van der Waals surface area contributed by atoms with Crippen LogP contribution in [0.25, 0.3) is 0 Å². The number of primary amides is 1. The highest BCUT2D eigenvalue weighted by Crippen LogP contribution is 2.32. The van der Waals surface area contributed by atoms with E-state index in [2.05, 4.69) is 21.3 Å². The molecule has 17 heteroatoms. The van der Waals surface area contributed by atoms with Crippen LogP contribution in [-0.4, -0.2) is 105 Å². The van der Waals surface area contributed by atoms with Crippen LogP contribution in [0.3, 0.4) is 0 Å². The van der Waals surface area contributed by atoms with Crippen molar-refractivity contribution >= 4 is 35.5 Å². The Balaban J connectivity index is 2.48. The number of aliphatic hydroxyl groups excluding tert-OH is 3. The zero-order valence-electron chi connectivity index (χ0n) is 29.8. The number of carbonyl (C=O) groups excluding carboxylic acids is 4. The fourth-order valence-corrected chi connectivity index (χ4v) is 4.78. The van der Waals surface area contributed by atoms with E-state index in [-0.39, 0.29) is 43.3 Å². The minimum atomic E-state index is -1.96. The average molecular weight is 712 g/mol. The van der Waals surface area contributed by atoms with Crippen LogP contribution >= 0.6 is 0 Å². The fraction of sp³-hybridized carbons (Fsp3) is 0.667. The summed E-state index contributed by atoms with van der Waals surface area (Å²) in [5.74, 6) is -3.60. The number of nitrogens with two attached hydrogens (primary N) is 1. The van der Waals surface area contributed by atoms with E-state index in [0.29, 0.717) is 5.56 Å². The maximum Gasteiger partial charge on any atom is 0.335 e. The molecule has 1 aromatic rings. The van der Waals surface area contributed by atoms with Gasteiger partial charge in [-0.3, -0.25) is 14.4 Å². The van der Waals surface area contributed by atoms with Gasteiger partial charge >= 0.3 is 18.0 Å². The number of benzene rings is 1. The number of carboxylic acid groups (broad SMARTS) is 1. The lowest BCUT2D eigenvalue weighted by Crippen LogP contribution is -2.61. The van der Waals surface area contributed by atoms with Gasteiger partial charge in [-0.15, -0.1) is 0 Å². The molecule has 1 heterocycles. The van der Waals surface area contributed by atoms with Gasteiger partial charge < -0.3 is 61.6 Å². The third kappa shape index (κ3) is 12.7. The van der Waals surface area contributed by atoms with Gasteiger partial charge in [-0.2, -0.15) is 0 Å². The Labute approximate surface area is 291 Å².